The number of nitrogens with one attached hydrogen (secondary N) is 2. The van der Waals surface area contributed by atoms with Gasteiger partial charge in [0.05, 0.1) is 0 Å². The maximum atomic E-state index is 13.4. The first-order valence-electron chi connectivity index (χ1n) is 7.07. The van der Waals surface area contributed by atoms with E-state index in [0.29, 0.717) is 5.56 Å². The molecule has 0 heterocycles. The van der Waals surface area contributed by atoms with Crippen LogP contribution in [0.1, 0.15) is 27.5 Å². The lowest BCUT2D eigenvalue weighted by Gasteiger charge is -2.18. The molecule has 126 valence electrons. The van der Waals surface area contributed by atoms with Gasteiger partial charge in [0.15, 0.2) is 11.6 Å². The first-order chi connectivity index (χ1) is 11.3. The van der Waals surface area contributed by atoms with Gasteiger partial charge in [-0.25, -0.2) is 13.2 Å². The van der Waals surface area contributed by atoms with E-state index < -0.39 is 35.3 Å². The maximum Gasteiger partial charge on any atom is 0.252 e. The second-order valence-corrected chi connectivity index (χ2v) is 5.15. The number of rotatable bonds is 4. The van der Waals surface area contributed by atoms with E-state index in [-0.39, 0.29) is 11.1 Å². The number of benzene rings is 2. The quantitative estimate of drug-likeness (QED) is 0.902. The Morgan fingerprint density at radius 2 is 1.71 bits per heavy atom. The molecule has 0 saturated carbocycles. The number of hydrogen-bond acceptors (Lipinski definition) is 2. The van der Waals surface area contributed by atoms with Crippen LogP contribution in [0.3, 0.4) is 0 Å². The number of carbonyl (C=O) groups excluding carboxylic acids is 2. The number of halogens is 3. The summed E-state index contributed by atoms with van der Waals surface area (Å²) in [4.78, 5) is 24.4. The fraction of sp³-hybridized carbons (Fsp3) is 0.176. The van der Waals surface area contributed by atoms with Crippen molar-refractivity contribution in [2.75, 3.05) is 7.05 Å². The van der Waals surface area contributed by atoms with Gasteiger partial charge in [-0.2, -0.15) is 0 Å². The molecular weight excluding hydrogens is 321 g/mol. The van der Waals surface area contributed by atoms with Crippen molar-refractivity contribution in [1.82, 2.24) is 10.6 Å². The molecule has 0 radical (unpaired) electrons. The molecule has 2 aromatic carbocycles. The largest absolute Gasteiger partial charge is 0.357 e. The summed E-state index contributed by atoms with van der Waals surface area (Å²) in [6.07, 6.45) is 0. The minimum atomic E-state index is -1.25. The van der Waals surface area contributed by atoms with E-state index in [1.165, 1.54) is 25.2 Å². The fourth-order valence-electron chi connectivity index (χ4n) is 2.18. The van der Waals surface area contributed by atoms with Gasteiger partial charge in [0.2, 0.25) is 5.91 Å². The standard InChI is InChI=1S/C17H15F3N2O2/c1-9-3-5-11(18)8-12(9)16(23)22-15(17(24)21-2)10-4-6-13(19)14(20)7-10/h3-8,15H,1-2H3,(H,21,24)(H,22,23). The van der Waals surface area contributed by atoms with Crippen LogP contribution in [-0.4, -0.2) is 18.9 Å². The van der Waals surface area contributed by atoms with Gasteiger partial charge in [-0.3, -0.25) is 9.59 Å². The summed E-state index contributed by atoms with van der Waals surface area (Å²) in [6.45, 7) is 1.61. The zero-order valence-corrected chi connectivity index (χ0v) is 13.0. The van der Waals surface area contributed by atoms with Crippen molar-refractivity contribution in [3.8, 4) is 0 Å². The number of carbonyl (C=O) groups is 2. The third-order valence-corrected chi connectivity index (χ3v) is 3.51. The Balaban J connectivity index is 2.35. The number of amides is 2. The van der Waals surface area contributed by atoms with Crippen LogP contribution in [-0.2, 0) is 4.79 Å². The molecule has 4 nitrogen and oxygen atoms in total. The zero-order valence-electron chi connectivity index (χ0n) is 13.0. The van der Waals surface area contributed by atoms with Crippen LogP contribution < -0.4 is 10.6 Å². The molecule has 0 spiro atoms. The molecule has 2 amide bonds. The average Bonchev–Trinajstić information content (AvgIpc) is 2.56. The van der Waals surface area contributed by atoms with Gasteiger partial charge in [-0.1, -0.05) is 12.1 Å². The Morgan fingerprint density at radius 3 is 2.33 bits per heavy atom. The van der Waals surface area contributed by atoms with Gasteiger partial charge in [0.1, 0.15) is 11.9 Å². The molecule has 0 saturated heterocycles. The summed E-state index contributed by atoms with van der Waals surface area (Å²) >= 11 is 0. The smallest absolute Gasteiger partial charge is 0.252 e. The molecule has 7 heteroatoms. The first kappa shape index (κ1) is 17.5. The molecule has 1 atom stereocenters. The topological polar surface area (TPSA) is 58.2 Å². The van der Waals surface area contributed by atoms with Crippen LogP contribution in [0.2, 0.25) is 0 Å². The van der Waals surface area contributed by atoms with Gasteiger partial charge in [-0.05, 0) is 42.3 Å². The van der Waals surface area contributed by atoms with E-state index in [1.807, 2.05) is 0 Å². The highest BCUT2D eigenvalue weighted by Gasteiger charge is 2.24. The van der Waals surface area contributed by atoms with Crippen molar-refractivity contribution in [2.45, 2.75) is 13.0 Å². The minimum Gasteiger partial charge on any atom is -0.357 e. The molecule has 2 aromatic rings. The Kier molecular flexibility index (Phi) is 5.23. The first-order valence-corrected chi connectivity index (χ1v) is 7.07. The van der Waals surface area contributed by atoms with Gasteiger partial charge in [-0.15, -0.1) is 0 Å². The molecule has 1 unspecified atom stereocenters. The van der Waals surface area contributed by atoms with Gasteiger partial charge in [0.25, 0.3) is 5.91 Å². The molecule has 0 aromatic heterocycles. The predicted octanol–water partition coefficient (Wildman–Crippen LogP) is 2.63. The maximum absolute atomic E-state index is 13.4. The average molecular weight is 336 g/mol. The fourth-order valence-corrected chi connectivity index (χ4v) is 2.18. The third kappa shape index (κ3) is 3.73. The minimum absolute atomic E-state index is 0.0477. The normalized spacial score (nSPS) is 11.7. The molecule has 0 aliphatic heterocycles. The SMILES string of the molecule is CNC(=O)C(NC(=O)c1cc(F)ccc1C)c1ccc(F)c(F)c1. The van der Waals surface area contributed by atoms with Crippen LogP contribution in [0, 0.1) is 24.4 Å². The van der Waals surface area contributed by atoms with Crippen molar-refractivity contribution < 1.29 is 22.8 Å². The summed E-state index contributed by atoms with van der Waals surface area (Å²) < 4.78 is 39.8. The summed E-state index contributed by atoms with van der Waals surface area (Å²) in [7, 11) is 1.34. The molecular formula is C17H15F3N2O2. The second kappa shape index (κ2) is 7.16. The van der Waals surface area contributed by atoms with Crippen molar-refractivity contribution in [3.05, 3.63) is 70.5 Å². The molecule has 24 heavy (non-hydrogen) atoms. The third-order valence-electron chi connectivity index (χ3n) is 3.51. The Morgan fingerprint density at radius 1 is 1.00 bits per heavy atom. The van der Waals surface area contributed by atoms with Crippen molar-refractivity contribution >= 4 is 11.8 Å². The van der Waals surface area contributed by atoms with E-state index in [0.717, 1.165) is 18.2 Å². The molecule has 0 bridgehead atoms. The Labute approximate surface area is 136 Å². The molecule has 0 aliphatic rings. The molecule has 0 fully saturated rings. The van der Waals surface area contributed by atoms with E-state index >= 15 is 0 Å². The number of aryl methyl sites for hydroxylation is 1. The van der Waals surface area contributed by atoms with Gasteiger partial charge >= 0.3 is 0 Å². The Hall–Kier alpha value is -2.83. The molecule has 2 N–H and O–H groups in total. The summed E-state index contributed by atoms with van der Waals surface area (Å²) in [5.41, 5.74) is 0.622. The number of hydrogen-bond donors (Lipinski definition) is 2. The summed E-state index contributed by atoms with van der Waals surface area (Å²) in [5, 5.41) is 4.74. The zero-order chi connectivity index (χ0) is 17.9. The van der Waals surface area contributed by atoms with Crippen molar-refractivity contribution in [1.29, 1.82) is 0 Å². The second-order valence-electron chi connectivity index (χ2n) is 5.15. The number of likely N-dealkylation sites (N-methyl/N-ethyl adjacent to an activating group) is 1. The summed E-state index contributed by atoms with van der Waals surface area (Å²) in [5.74, 6) is -4.14. The highest BCUT2D eigenvalue weighted by molar-refractivity contribution is 5.98. The monoisotopic (exact) mass is 336 g/mol. The van der Waals surface area contributed by atoms with Gasteiger partial charge < -0.3 is 10.6 Å². The van der Waals surface area contributed by atoms with Gasteiger partial charge in [0, 0.05) is 12.6 Å². The van der Waals surface area contributed by atoms with E-state index in [4.69, 9.17) is 0 Å². The van der Waals surface area contributed by atoms with Crippen molar-refractivity contribution in [2.24, 2.45) is 0 Å². The lowest BCUT2D eigenvalue weighted by atomic mass is 10.0. The highest BCUT2D eigenvalue weighted by atomic mass is 19.2. The lowest BCUT2D eigenvalue weighted by molar-refractivity contribution is -0.122. The van der Waals surface area contributed by atoms with E-state index in [1.54, 1.807) is 6.92 Å². The van der Waals surface area contributed by atoms with Crippen LogP contribution in [0.4, 0.5) is 13.2 Å². The van der Waals surface area contributed by atoms with Crippen LogP contribution in [0.25, 0.3) is 0 Å². The van der Waals surface area contributed by atoms with E-state index in [2.05, 4.69) is 10.6 Å². The van der Waals surface area contributed by atoms with Crippen molar-refractivity contribution in [3.63, 3.8) is 0 Å². The van der Waals surface area contributed by atoms with Crippen LogP contribution >= 0.6 is 0 Å². The highest BCUT2D eigenvalue weighted by Crippen LogP contribution is 2.18. The summed E-state index contributed by atoms with van der Waals surface area (Å²) in [6, 6.07) is 5.30. The Bertz CT molecular complexity index is 793. The lowest BCUT2D eigenvalue weighted by Crippen LogP contribution is -2.39. The molecule has 0 aliphatic carbocycles. The predicted molar refractivity (Wildman–Crippen MR) is 81.8 cm³/mol. The van der Waals surface area contributed by atoms with Crippen LogP contribution in [0.15, 0.2) is 36.4 Å². The van der Waals surface area contributed by atoms with Crippen LogP contribution in [0.5, 0.6) is 0 Å². The van der Waals surface area contributed by atoms with E-state index in [9.17, 15) is 22.8 Å². The molecule has 2 rings (SSSR count).